The molecule has 1 aromatic heterocycles. The monoisotopic (exact) mass is 473 g/mol. The fourth-order valence-corrected chi connectivity index (χ4v) is 4.58. The molecule has 3 N–H and O–H groups in total. The Balaban J connectivity index is 1.33. The molecular weight excluding hydrogens is 446 g/mol. The highest BCUT2D eigenvalue weighted by molar-refractivity contribution is 6.04. The van der Waals surface area contributed by atoms with Gasteiger partial charge in [-0.2, -0.15) is 4.98 Å². The van der Waals surface area contributed by atoms with Gasteiger partial charge < -0.3 is 20.3 Å². The summed E-state index contributed by atoms with van der Waals surface area (Å²) in [5.74, 6) is 0.675. The maximum atomic E-state index is 13.1. The van der Waals surface area contributed by atoms with Crippen LogP contribution in [0.3, 0.4) is 0 Å². The molecule has 180 valence electrons. The van der Waals surface area contributed by atoms with E-state index in [4.69, 9.17) is 4.74 Å². The summed E-state index contributed by atoms with van der Waals surface area (Å²) in [6.07, 6.45) is 2.01. The number of aromatic amines is 1. The topological polar surface area (TPSA) is 116 Å². The van der Waals surface area contributed by atoms with Crippen LogP contribution in [0.4, 0.5) is 17.5 Å². The van der Waals surface area contributed by atoms with Crippen molar-refractivity contribution in [2.45, 2.75) is 32.1 Å². The number of carbonyl (C=O) groups excluding carboxylic acids is 2. The third kappa shape index (κ3) is 5.03. The SMILES string of the molecule is CC1CCCN(c2nc3c(c(=O)[nH]2)C(C(=O)Nc2ccc(Oc4ccccc4)cc2)CC(=O)N3)C1. The van der Waals surface area contributed by atoms with Gasteiger partial charge in [0.1, 0.15) is 17.3 Å². The van der Waals surface area contributed by atoms with E-state index in [-0.39, 0.29) is 23.7 Å². The number of nitrogens with one attached hydrogen (secondary N) is 3. The van der Waals surface area contributed by atoms with Gasteiger partial charge in [-0.05, 0) is 55.2 Å². The number of rotatable bonds is 5. The van der Waals surface area contributed by atoms with E-state index in [1.807, 2.05) is 35.2 Å². The van der Waals surface area contributed by atoms with Crippen molar-refractivity contribution in [1.82, 2.24) is 9.97 Å². The Hall–Kier alpha value is -4.14. The summed E-state index contributed by atoms with van der Waals surface area (Å²) in [5, 5.41) is 5.49. The van der Waals surface area contributed by atoms with Crippen molar-refractivity contribution >= 4 is 29.3 Å². The second-order valence-corrected chi connectivity index (χ2v) is 9.08. The summed E-state index contributed by atoms with van der Waals surface area (Å²) < 4.78 is 5.78. The van der Waals surface area contributed by atoms with Gasteiger partial charge >= 0.3 is 0 Å². The molecule has 2 aromatic carbocycles. The molecule has 2 atom stereocenters. The molecule has 2 aliphatic heterocycles. The zero-order valence-corrected chi connectivity index (χ0v) is 19.4. The van der Waals surface area contributed by atoms with Gasteiger partial charge in [-0.25, -0.2) is 0 Å². The van der Waals surface area contributed by atoms with Gasteiger partial charge in [-0.3, -0.25) is 19.4 Å². The fraction of sp³-hybridized carbons (Fsp3) is 0.308. The van der Waals surface area contributed by atoms with Crippen LogP contribution >= 0.6 is 0 Å². The van der Waals surface area contributed by atoms with Gasteiger partial charge in [0.15, 0.2) is 0 Å². The molecule has 1 saturated heterocycles. The maximum absolute atomic E-state index is 13.1. The van der Waals surface area contributed by atoms with Gasteiger partial charge in [-0.1, -0.05) is 25.1 Å². The van der Waals surface area contributed by atoms with Crippen molar-refractivity contribution in [3.8, 4) is 11.5 Å². The number of hydrogen-bond acceptors (Lipinski definition) is 6. The van der Waals surface area contributed by atoms with Crippen LogP contribution in [0.15, 0.2) is 59.4 Å². The molecule has 35 heavy (non-hydrogen) atoms. The Morgan fingerprint density at radius 3 is 2.57 bits per heavy atom. The molecule has 2 unspecified atom stereocenters. The number of para-hydroxylation sites is 1. The minimum atomic E-state index is -0.940. The molecule has 0 saturated carbocycles. The zero-order valence-electron chi connectivity index (χ0n) is 19.4. The molecule has 3 heterocycles. The average molecular weight is 474 g/mol. The standard InChI is InChI=1S/C26H27N5O4/c1-16-6-5-13-31(15-16)26-29-23-22(25(34)30-26)20(14-21(32)28-23)24(33)27-17-9-11-19(12-10-17)35-18-7-3-2-4-8-18/h2-4,7-12,16,20H,5-6,13-15H2,1H3,(H,27,33)(H2,28,29,30,32,34). The number of nitrogens with zero attached hydrogens (tertiary/aromatic N) is 2. The quantitative estimate of drug-likeness (QED) is 0.518. The highest BCUT2D eigenvalue weighted by atomic mass is 16.5. The molecule has 9 nitrogen and oxygen atoms in total. The smallest absolute Gasteiger partial charge is 0.258 e. The normalized spacial score (nSPS) is 19.5. The lowest BCUT2D eigenvalue weighted by Gasteiger charge is -2.32. The van der Waals surface area contributed by atoms with Crippen molar-refractivity contribution < 1.29 is 14.3 Å². The minimum Gasteiger partial charge on any atom is -0.457 e. The maximum Gasteiger partial charge on any atom is 0.258 e. The molecule has 0 bridgehead atoms. The van der Waals surface area contributed by atoms with Crippen molar-refractivity contribution in [3.63, 3.8) is 0 Å². The minimum absolute atomic E-state index is 0.126. The first-order chi connectivity index (χ1) is 17.0. The van der Waals surface area contributed by atoms with Crippen LogP contribution in [0.5, 0.6) is 11.5 Å². The third-order valence-electron chi connectivity index (χ3n) is 6.31. The first-order valence-corrected chi connectivity index (χ1v) is 11.8. The largest absolute Gasteiger partial charge is 0.457 e. The van der Waals surface area contributed by atoms with Crippen molar-refractivity contribution in [1.29, 1.82) is 0 Å². The predicted molar refractivity (Wildman–Crippen MR) is 133 cm³/mol. The van der Waals surface area contributed by atoms with E-state index in [9.17, 15) is 14.4 Å². The van der Waals surface area contributed by atoms with Crippen molar-refractivity contribution in [2.75, 3.05) is 28.6 Å². The number of benzene rings is 2. The lowest BCUT2D eigenvalue weighted by atomic mass is 9.92. The zero-order chi connectivity index (χ0) is 24.4. The van der Waals surface area contributed by atoms with E-state index in [0.717, 1.165) is 25.9 Å². The molecule has 0 radical (unpaired) electrons. The van der Waals surface area contributed by atoms with Crippen LogP contribution in [-0.2, 0) is 9.59 Å². The van der Waals surface area contributed by atoms with Crippen LogP contribution in [0.1, 0.15) is 37.7 Å². The van der Waals surface area contributed by atoms with E-state index >= 15 is 0 Å². The van der Waals surface area contributed by atoms with Crippen molar-refractivity contribution in [3.05, 3.63) is 70.5 Å². The number of ether oxygens (including phenoxy) is 1. The van der Waals surface area contributed by atoms with E-state index in [0.29, 0.717) is 29.1 Å². The third-order valence-corrected chi connectivity index (χ3v) is 6.31. The van der Waals surface area contributed by atoms with E-state index in [1.54, 1.807) is 24.3 Å². The first kappa shape index (κ1) is 22.6. The van der Waals surface area contributed by atoms with Crippen molar-refractivity contribution in [2.24, 2.45) is 5.92 Å². The molecule has 0 spiro atoms. The second-order valence-electron chi connectivity index (χ2n) is 9.08. The summed E-state index contributed by atoms with van der Waals surface area (Å²) >= 11 is 0. The van der Waals surface area contributed by atoms with E-state index in [2.05, 4.69) is 27.5 Å². The van der Waals surface area contributed by atoms with Gasteiger partial charge in [0.25, 0.3) is 5.56 Å². The number of fused-ring (bicyclic) bond motifs is 1. The highest BCUT2D eigenvalue weighted by Gasteiger charge is 2.35. The second kappa shape index (κ2) is 9.61. The van der Waals surface area contributed by atoms with Gasteiger partial charge in [-0.15, -0.1) is 0 Å². The Kier molecular flexibility index (Phi) is 6.22. The molecule has 2 amide bonds. The van der Waals surface area contributed by atoms with Gasteiger partial charge in [0.05, 0.1) is 11.5 Å². The molecule has 2 aliphatic rings. The van der Waals surface area contributed by atoms with Crippen LogP contribution in [0, 0.1) is 5.92 Å². The number of anilines is 3. The molecule has 1 fully saturated rings. The van der Waals surface area contributed by atoms with E-state index in [1.165, 1.54) is 0 Å². The summed E-state index contributed by atoms with van der Waals surface area (Å²) in [6, 6.07) is 16.3. The Labute approximate surface area is 202 Å². The Morgan fingerprint density at radius 2 is 1.83 bits per heavy atom. The molecule has 9 heteroatoms. The lowest BCUT2D eigenvalue weighted by molar-refractivity contribution is -0.123. The predicted octanol–water partition coefficient (Wildman–Crippen LogP) is 3.86. The molecule has 3 aromatic rings. The highest BCUT2D eigenvalue weighted by Crippen LogP contribution is 2.31. The van der Waals surface area contributed by atoms with Gasteiger partial charge in [0, 0.05) is 25.2 Å². The first-order valence-electron chi connectivity index (χ1n) is 11.8. The average Bonchev–Trinajstić information content (AvgIpc) is 2.85. The summed E-state index contributed by atoms with van der Waals surface area (Å²) in [4.78, 5) is 47.9. The lowest BCUT2D eigenvalue weighted by Crippen LogP contribution is -2.40. The van der Waals surface area contributed by atoms with Crippen LogP contribution in [0.2, 0.25) is 0 Å². The number of amides is 2. The van der Waals surface area contributed by atoms with Crippen LogP contribution < -0.4 is 25.8 Å². The summed E-state index contributed by atoms with van der Waals surface area (Å²) in [5.41, 5.74) is 0.307. The summed E-state index contributed by atoms with van der Waals surface area (Å²) in [6.45, 7) is 3.72. The number of H-pyrrole nitrogens is 1. The number of carbonyl (C=O) groups is 2. The summed E-state index contributed by atoms with van der Waals surface area (Å²) in [7, 11) is 0. The number of hydrogen-bond donors (Lipinski definition) is 3. The van der Waals surface area contributed by atoms with Crippen LogP contribution in [0.25, 0.3) is 0 Å². The Morgan fingerprint density at radius 1 is 1.09 bits per heavy atom. The van der Waals surface area contributed by atoms with Gasteiger partial charge in [0.2, 0.25) is 17.8 Å². The van der Waals surface area contributed by atoms with E-state index < -0.39 is 17.4 Å². The molecular formula is C26H27N5O4. The number of aromatic nitrogens is 2. The fourth-order valence-electron chi connectivity index (χ4n) is 4.58. The Bertz CT molecular complexity index is 1290. The molecule has 0 aliphatic carbocycles. The molecule has 5 rings (SSSR count). The number of piperidine rings is 1. The van der Waals surface area contributed by atoms with Crippen LogP contribution in [-0.4, -0.2) is 34.9 Å².